The second-order valence-corrected chi connectivity index (χ2v) is 6.91. The molecule has 0 aliphatic carbocycles. The van der Waals surface area contributed by atoms with Crippen molar-refractivity contribution in [3.63, 3.8) is 0 Å². The molecule has 0 aliphatic rings. The average Bonchev–Trinajstić information content (AvgIpc) is 2.68. The van der Waals surface area contributed by atoms with Crippen LogP contribution in [-0.4, -0.2) is 47.9 Å². The van der Waals surface area contributed by atoms with Gasteiger partial charge in [-0.15, -0.1) is 0 Å². The quantitative estimate of drug-likeness (QED) is 0.308. The molecule has 12 heteroatoms. The molecule has 1 atom stereocenters. The number of aliphatic carboxylic acids is 1. The molecule has 0 amide bonds. The van der Waals surface area contributed by atoms with Gasteiger partial charge in [-0.3, -0.25) is 9.59 Å². The Balaban J connectivity index is 0.00000256. The fraction of sp³-hybridized carbons (Fsp3) is 0.211. The molecule has 31 heavy (non-hydrogen) atoms. The molecule has 2 heterocycles. The first-order chi connectivity index (χ1) is 14.1. The molecule has 11 nitrogen and oxygen atoms in total. The molecule has 2 aromatic heterocycles. The van der Waals surface area contributed by atoms with Gasteiger partial charge in [0.25, 0.3) is 0 Å². The zero-order valence-electron chi connectivity index (χ0n) is 17.9. The maximum absolute atomic E-state index is 12.6. The average molecular weight is 418 g/mol. The van der Waals surface area contributed by atoms with Gasteiger partial charge in [-0.05, 0) is 24.6 Å². The number of carboxylic acids is 2. The summed E-state index contributed by atoms with van der Waals surface area (Å²) in [6, 6.07) is 5.38. The number of carbonyl (C=O) groups is 3. The van der Waals surface area contributed by atoms with Gasteiger partial charge < -0.3 is 23.1 Å². The van der Waals surface area contributed by atoms with Crippen LogP contribution in [0.15, 0.2) is 30.5 Å². The number of nitrogens with two attached hydrogens (primary N) is 2. The Hall–Kier alpha value is -3.55. The normalized spacial score (nSPS) is 12.5. The molecule has 0 bridgehead atoms. The van der Waals surface area contributed by atoms with Crippen LogP contribution < -0.4 is 30.3 Å². The molecule has 0 aliphatic heterocycles. The number of hydrogen-bond acceptors (Lipinski definition) is 9. The summed E-state index contributed by atoms with van der Waals surface area (Å²) in [4.78, 5) is 51.6. The number of nitrogens with zero attached hydrogens (tertiary/aromatic N) is 4. The van der Waals surface area contributed by atoms with Crippen LogP contribution in [0, 0.1) is 0 Å². The summed E-state index contributed by atoms with van der Waals surface area (Å²) in [6.07, 6.45) is 0.830. The Morgan fingerprint density at radius 1 is 1.06 bits per heavy atom. The van der Waals surface area contributed by atoms with E-state index in [4.69, 9.17) is 16.6 Å². The van der Waals surface area contributed by atoms with Crippen LogP contribution in [0.25, 0.3) is 11.2 Å². The fourth-order valence-electron chi connectivity index (χ4n) is 3.01. The minimum atomic E-state index is -1.55. The van der Waals surface area contributed by atoms with E-state index in [-0.39, 0.29) is 67.3 Å². The Kier molecular flexibility index (Phi) is 6.94. The molecule has 3 rings (SSSR count). The van der Waals surface area contributed by atoms with Crippen LogP contribution in [0.4, 0.5) is 11.8 Å². The Bertz CT molecular complexity index is 1180. The van der Waals surface area contributed by atoms with Gasteiger partial charge in [-0.1, -0.05) is 12.1 Å². The minimum Gasteiger partial charge on any atom is -1.00 e. The third-order valence-electron chi connectivity index (χ3n) is 4.67. The first-order valence-corrected chi connectivity index (χ1v) is 8.73. The number of carboxylic acid groups (broad SMARTS) is 2. The summed E-state index contributed by atoms with van der Waals surface area (Å²) in [7, 11) is 0. The molecule has 3 aromatic rings. The number of benzene rings is 1. The van der Waals surface area contributed by atoms with E-state index in [1.165, 1.54) is 37.4 Å². The van der Waals surface area contributed by atoms with E-state index in [9.17, 15) is 19.5 Å². The van der Waals surface area contributed by atoms with Gasteiger partial charge in [-0.2, -0.15) is 9.97 Å². The van der Waals surface area contributed by atoms with Crippen LogP contribution in [0.2, 0.25) is 0 Å². The molecule has 1 unspecified atom stereocenters. The zero-order valence-corrected chi connectivity index (χ0v) is 16.9. The number of Topliss-reactive ketones (excluding diaryl/α,β-unsaturated/α-hetero) is 1. The van der Waals surface area contributed by atoms with Gasteiger partial charge in [-0.25, -0.2) is 14.8 Å². The van der Waals surface area contributed by atoms with E-state index in [0.717, 1.165) is 0 Å². The molecule has 6 N–H and O–H groups in total. The second-order valence-electron chi connectivity index (χ2n) is 6.91. The predicted octanol–water partition coefficient (Wildman–Crippen LogP) is -2.06. The summed E-state index contributed by atoms with van der Waals surface area (Å²) >= 11 is 0. The Labute approximate surface area is 189 Å². The van der Waals surface area contributed by atoms with Gasteiger partial charge in [0.1, 0.15) is 5.78 Å². The monoisotopic (exact) mass is 418 g/mol. The zero-order chi connectivity index (χ0) is 22.1. The number of fused-ring (bicyclic) bond motifs is 1. The van der Waals surface area contributed by atoms with E-state index in [1.807, 2.05) is 0 Å². The number of ketones is 1. The van der Waals surface area contributed by atoms with E-state index in [0.29, 0.717) is 5.56 Å². The van der Waals surface area contributed by atoms with Crippen LogP contribution in [-0.2, 0) is 21.4 Å². The van der Waals surface area contributed by atoms with Crippen molar-refractivity contribution in [2.45, 2.75) is 25.2 Å². The molecule has 0 saturated heterocycles. The summed E-state index contributed by atoms with van der Waals surface area (Å²) < 4.78 is 0. The van der Waals surface area contributed by atoms with Crippen molar-refractivity contribution in [2.24, 2.45) is 0 Å². The SMILES string of the molecule is CC(CC(=O)Cc1cnc2nc(N)nc(N)c2n1)(C(=O)O)c1ccc(C(=O)O)cc1.[H-].[Li+]. The molecule has 0 fully saturated rings. The summed E-state index contributed by atoms with van der Waals surface area (Å²) in [5, 5.41) is 18.7. The first kappa shape index (κ1) is 23.7. The van der Waals surface area contributed by atoms with Gasteiger partial charge in [0.05, 0.1) is 29.3 Å². The number of anilines is 2. The predicted molar refractivity (Wildman–Crippen MR) is 107 cm³/mol. The summed E-state index contributed by atoms with van der Waals surface area (Å²) in [5.41, 5.74) is 10.7. The molecular weight excluding hydrogens is 399 g/mol. The molecular formula is C19H19LiN6O5. The molecule has 0 saturated carbocycles. The molecule has 0 radical (unpaired) electrons. The van der Waals surface area contributed by atoms with Gasteiger partial charge >= 0.3 is 30.8 Å². The number of nitrogen functional groups attached to an aromatic ring is 2. The van der Waals surface area contributed by atoms with Crippen molar-refractivity contribution in [3.05, 3.63) is 47.3 Å². The third kappa shape index (κ3) is 4.96. The van der Waals surface area contributed by atoms with Crippen molar-refractivity contribution in [3.8, 4) is 0 Å². The van der Waals surface area contributed by atoms with Crippen LogP contribution in [0.3, 0.4) is 0 Å². The maximum atomic E-state index is 12.6. The van der Waals surface area contributed by atoms with E-state index < -0.39 is 23.1 Å². The van der Waals surface area contributed by atoms with Crippen molar-refractivity contribution < 1.29 is 44.9 Å². The minimum absolute atomic E-state index is 0. The van der Waals surface area contributed by atoms with Crippen molar-refractivity contribution in [1.82, 2.24) is 19.9 Å². The number of aromatic carboxylic acids is 1. The van der Waals surface area contributed by atoms with Crippen molar-refractivity contribution in [2.75, 3.05) is 11.5 Å². The maximum Gasteiger partial charge on any atom is 1.00 e. The largest absolute Gasteiger partial charge is 1.00 e. The smallest absolute Gasteiger partial charge is 1.00 e. The molecule has 1 aromatic carbocycles. The number of aromatic nitrogens is 4. The van der Waals surface area contributed by atoms with Crippen LogP contribution in [0.5, 0.6) is 0 Å². The van der Waals surface area contributed by atoms with Crippen LogP contribution >= 0.6 is 0 Å². The van der Waals surface area contributed by atoms with Gasteiger partial charge in [0.2, 0.25) is 5.95 Å². The van der Waals surface area contributed by atoms with E-state index >= 15 is 0 Å². The van der Waals surface area contributed by atoms with Gasteiger partial charge in [0, 0.05) is 6.42 Å². The Morgan fingerprint density at radius 3 is 2.29 bits per heavy atom. The van der Waals surface area contributed by atoms with Crippen molar-refractivity contribution >= 4 is 40.7 Å². The van der Waals surface area contributed by atoms with E-state index in [2.05, 4.69) is 19.9 Å². The fourth-order valence-corrected chi connectivity index (χ4v) is 3.01. The van der Waals surface area contributed by atoms with Crippen molar-refractivity contribution in [1.29, 1.82) is 0 Å². The topological polar surface area (TPSA) is 195 Å². The number of carbonyl (C=O) groups excluding carboxylic acids is 1. The second kappa shape index (κ2) is 9.07. The third-order valence-corrected chi connectivity index (χ3v) is 4.67. The standard InChI is InChI=1S/C19H18N6O5.Li.H/c1-19(17(29)30,10-4-2-9(3-5-10)16(27)28)7-12(26)6-11-8-22-15-13(23-11)14(20)24-18(21)25-15;;/h2-5,8H,6-7H2,1H3,(H,27,28)(H,29,30)(H4,20,21,22,24,25);;/q;+1;-1. The van der Waals surface area contributed by atoms with E-state index in [1.54, 1.807) is 0 Å². The molecule has 0 spiro atoms. The summed E-state index contributed by atoms with van der Waals surface area (Å²) in [5.74, 6) is -2.77. The number of hydrogen-bond donors (Lipinski definition) is 4. The first-order valence-electron chi connectivity index (χ1n) is 8.73. The van der Waals surface area contributed by atoms with Crippen LogP contribution in [0.1, 0.15) is 36.4 Å². The number of rotatable bonds is 7. The summed E-state index contributed by atoms with van der Waals surface area (Å²) in [6.45, 7) is 1.41. The Morgan fingerprint density at radius 2 is 1.71 bits per heavy atom. The van der Waals surface area contributed by atoms with Gasteiger partial charge in [0.15, 0.2) is 17.0 Å². The molecule has 156 valence electrons.